The van der Waals surface area contributed by atoms with Crippen LogP contribution in [0.3, 0.4) is 0 Å². The van der Waals surface area contributed by atoms with Crippen LogP contribution in [0.2, 0.25) is 5.02 Å². The van der Waals surface area contributed by atoms with Crippen LogP contribution in [0.1, 0.15) is 49.1 Å². The fourth-order valence-corrected chi connectivity index (χ4v) is 4.43. The lowest BCUT2D eigenvalue weighted by molar-refractivity contribution is -0.132. The summed E-state index contributed by atoms with van der Waals surface area (Å²) in [7, 11) is 1.45. The van der Waals surface area contributed by atoms with Gasteiger partial charge in [0.25, 0.3) is 11.7 Å². The molecule has 1 atom stereocenters. The Morgan fingerprint density at radius 1 is 1.03 bits per heavy atom. The molecule has 0 saturated carbocycles. The molecule has 7 heteroatoms. The second-order valence-corrected chi connectivity index (χ2v) is 9.96. The molecule has 0 bridgehead atoms. The lowest BCUT2D eigenvalue weighted by atomic mass is 9.85. The zero-order valence-electron chi connectivity index (χ0n) is 20.4. The van der Waals surface area contributed by atoms with Crippen molar-refractivity contribution in [1.29, 1.82) is 5.26 Å². The Balaban J connectivity index is 1.93. The molecule has 1 N–H and O–H groups in total. The van der Waals surface area contributed by atoms with Crippen LogP contribution in [0.25, 0.3) is 5.76 Å². The number of anilines is 1. The zero-order chi connectivity index (χ0) is 26.2. The van der Waals surface area contributed by atoms with Gasteiger partial charge in [0.1, 0.15) is 11.5 Å². The summed E-state index contributed by atoms with van der Waals surface area (Å²) < 4.78 is 5.26. The van der Waals surface area contributed by atoms with Gasteiger partial charge < -0.3 is 9.84 Å². The minimum atomic E-state index is -0.881. The first-order chi connectivity index (χ1) is 17.1. The highest BCUT2D eigenvalue weighted by Crippen LogP contribution is 2.43. The van der Waals surface area contributed by atoms with Crippen LogP contribution >= 0.6 is 11.6 Å². The Bertz CT molecular complexity index is 1410. The summed E-state index contributed by atoms with van der Waals surface area (Å²) in [6, 6.07) is 19.9. The molecular weight excluding hydrogens is 476 g/mol. The second-order valence-electron chi connectivity index (χ2n) is 9.55. The van der Waals surface area contributed by atoms with Crippen molar-refractivity contribution in [3.63, 3.8) is 0 Å². The van der Waals surface area contributed by atoms with Gasteiger partial charge >= 0.3 is 0 Å². The first kappa shape index (κ1) is 25.0. The van der Waals surface area contributed by atoms with Crippen molar-refractivity contribution in [2.24, 2.45) is 0 Å². The van der Waals surface area contributed by atoms with Gasteiger partial charge in [0.15, 0.2) is 0 Å². The van der Waals surface area contributed by atoms with Gasteiger partial charge in [-0.25, -0.2) is 0 Å². The van der Waals surface area contributed by atoms with E-state index < -0.39 is 17.7 Å². The maximum atomic E-state index is 13.3. The number of carbonyl (C=O) groups is 2. The number of aliphatic hydroxyl groups excluding tert-OH is 1. The number of halogens is 1. The molecule has 182 valence electrons. The Morgan fingerprint density at radius 2 is 1.67 bits per heavy atom. The summed E-state index contributed by atoms with van der Waals surface area (Å²) in [4.78, 5) is 28.0. The van der Waals surface area contributed by atoms with E-state index in [1.807, 2.05) is 30.3 Å². The van der Waals surface area contributed by atoms with Crippen LogP contribution in [0.15, 0.2) is 72.3 Å². The van der Waals surface area contributed by atoms with Crippen molar-refractivity contribution in [2.75, 3.05) is 12.0 Å². The molecule has 36 heavy (non-hydrogen) atoms. The average Bonchev–Trinajstić information content (AvgIpc) is 3.13. The minimum Gasteiger partial charge on any atom is -0.507 e. The van der Waals surface area contributed by atoms with Crippen LogP contribution in [-0.2, 0) is 15.0 Å². The van der Waals surface area contributed by atoms with E-state index in [0.717, 1.165) is 5.56 Å². The van der Waals surface area contributed by atoms with Crippen molar-refractivity contribution in [3.8, 4) is 11.8 Å². The number of methoxy groups -OCH3 is 1. The van der Waals surface area contributed by atoms with Crippen molar-refractivity contribution in [3.05, 3.63) is 99.6 Å². The van der Waals surface area contributed by atoms with Crippen LogP contribution in [-0.4, -0.2) is 23.9 Å². The van der Waals surface area contributed by atoms with E-state index in [-0.39, 0.29) is 16.7 Å². The van der Waals surface area contributed by atoms with Crippen molar-refractivity contribution in [2.45, 2.75) is 32.2 Å². The molecule has 1 fully saturated rings. The van der Waals surface area contributed by atoms with E-state index in [9.17, 15) is 14.7 Å². The van der Waals surface area contributed by atoms with Gasteiger partial charge in [-0.2, -0.15) is 5.26 Å². The summed E-state index contributed by atoms with van der Waals surface area (Å²) >= 11 is 6.14. The van der Waals surface area contributed by atoms with E-state index in [0.29, 0.717) is 33.1 Å². The molecule has 0 radical (unpaired) electrons. The predicted octanol–water partition coefficient (Wildman–Crippen LogP) is 6.14. The van der Waals surface area contributed by atoms with Crippen LogP contribution in [0, 0.1) is 11.3 Å². The van der Waals surface area contributed by atoms with Crippen LogP contribution in [0.4, 0.5) is 5.69 Å². The molecule has 1 aliphatic rings. The van der Waals surface area contributed by atoms with E-state index in [4.69, 9.17) is 21.6 Å². The maximum absolute atomic E-state index is 13.3. The molecule has 0 aromatic heterocycles. The Kier molecular flexibility index (Phi) is 6.62. The molecular formula is C29H25ClN2O4. The molecule has 3 aromatic rings. The first-order valence-corrected chi connectivity index (χ1v) is 11.7. The SMILES string of the molecule is COc1cc(/C(O)=C2/C(=O)C(=O)N(c3ccc(C#N)cc3)C2c2ccc(C(C)(C)C)cc2)ccc1Cl. The maximum Gasteiger partial charge on any atom is 0.300 e. The Hall–Kier alpha value is -4.08. The van der Waals surface area contributed by atoms with Gasteiger partial charge in [-0.1, -0.05) is 56.6 Å². The number of carbonyl (C=O) groups excluding carboxylic acids is 2. The van der Waals surface area contributed by atoms with E-state index in [2.05, 4.69) is 20.8 Å². The lowest BCUT2D eigenvalue weighted by Crippen LogP contribution is -2.29. The minimum absolute atomic E-state index is 0.0442. The highest BCUT2D eigenvalue weighted by Gasteiger charge is 2.47. The van der Waals surface area contributed by atoms with Crippen molar-refractivity contribution in [1.82, 2.24) is 0 Å². The molecule has 1 aliphatic heterocycles. The number of ketones is 1. The molecule has 1 saturated heterocycles. The number of rotatable bonds is 4. The third-order valence-electron chi connectivity index (χ3n) is 6.24. The monoisotopic (exact) mass is 500 g/mol. The van der Waals surface area contributed by atoms with Crippen LogP contribution < -0.4 is 9.64 Å². The summed E-state index contributed by atoms with van der Waals surface area (Å²) in [5.41, 5.74) is 2.77. The van der Waals surface area contributed by atoms with E-state index >= 15 is 0 Å². The number of ether oxygens (including phenoxy) is 1. The third kappa shape index (κ3) is 4.46. The number of amides is 1. The molecule has 1 heterocycles. The van der Waals surface area contributed by atoms with Gasteiger partial charge in [0, 0.05) is 11.3 Å². The van der Waals surface area contributed by atoms with Gasteiger partial charge in [0.05, 0.1) is 35.4 Å². The smallest absolute Gasteiger partial charge is 0.300 e. The van der Waals surface area contributed by atoms with E-state index in [1.54, 1.807) is 36.4 Å². The number of benzene rings is 3. The summed E-state index contributed by atoms with van der Waals surface area (Å²) in [5, 5.41) is 20.8. The Labute approximate surface area is 215 Å². The second kappa shape index (κ2) is 9.52. The highest BCUT2D eigenvalue weighted by molar-refractivity contribution is 6.51. The molecule has 3 aromatic carbocycles. The van der Waals surface area contributed by atoms with Gasteiger partial charge in [-0.15, -0.1) is 0 Å². The summed E-state index contributed by atoms with van der Waals surface area (Å²) in [6.45, 7) is 6.29. The molecule has 0 spiro atoms. The number of aliphatic hydroxyl groups is 1. The van der Waals surface area contributed by atoms with Gasteiger partial charge in [-0.3, -0.25) is 14.5 Å². The fraction of sp³-hybridized carbons (Fsp3) is 0.207. The van der Waals surface area contributed by atoms with Gasteiger partial charge in [-0.05, 0) is 59.0 Å². The standard InChI is InChI=1S/C29H25ClN2O4/c1-29(2,3)20-10-7-18(8-11-20)25-24(26(33)19-9-14-22(30)23(15-19)36-4)27(34)28(35)32(25)21-12-5-17(16-31)6-13-21/h5-15,25,33H,1-4H3/b26-24-. The first-order valence-electron chi connectivity index (χ1n) is 11.3. The number of Topliss-reactive ketones (excluding diaryl/α,β-unsaturated/α-hetero) is 1. The topological polar surface area (TPSA) is 90.6 Å². The number of nitrogens with zero attached hydrogens (tertiary/aromatic N) is 2. The quantitative estimate of drug-likeness (QED) is 0.264. The average molecular weight is 501 g/mol. The zero-order valence-corrected chi connectivity index (χ0v) is 21.1. The summed E-state index contributed by atoms with van der Waals surface area (Å²) in [5.74, 6) is -1.58. The third-order valence-corrected chi connectivity index (χ3v) is 6.55. The largest absolute Gasteiger partial charge is 0.507 e. The normalized spacial score (nSPS) is 17.2. The van der Waals surface area contributed by atoms with Crippen molar-refractivity contribution >= 4 is 34.7 Å². The molecule has 4 rings (SSSR count). The highest BCUT2D eigenvalue weighted by atomic mass is 35.5. The molecule has 1 unspecified atom stereocenters. The fourth-order valence-electron chi connectivity index (χ4n) is 4.24. The molecule has 0 aliphatic carbocycles. The Morgan fingerprint density at radius 3 is 2.22 bits per heavy atom. The van der Waals surface area contributed by atoms with Crippen LogP contribution in [0.5, 0.6) is 5.75 Å². The lowest BCUT2D eigenvalue weighted by Gasteiger charge is -2.26. The molecule has 6 nitrogen and oxygen atoms in total. The summed E-state index contributed by atoms with van der Waals surface area (Å²) in [6.07, 6.45) is 0. The number of hydrogen-bond acceptors (Lipinski definition) is 5. The van der Waals surface area contributed by atoms with E-state index in [1.165, 1.54) is 18.1 Å². The number of hydrogen-bond donors (Lipinski definition) is 1. The van der Waals surface area contributed by atoms with Crippen molar-refractivity contribution < 1.29 is 19.4 Å². The van der Waals surface area contributed by atoms with Gasteiger partial charge in [0.2, 0.25) is 0 Å². The molecule has 1 amide bonds. The predicted molar refractivity (Wildman–Crippen MR) is 139 cm³/mol. The number of nitriles is 1.